The molecule has 0 aromatic carbocycles. The molecule has 1 aliphatic rings. The number of nitrogens with zero attached hydrogens (tertiary/aromatic N) is 2. The predicted molar refractivity (Wildman–Crippen MR) is 77.3 cm³/mol. The molecule has 5 nitrogen and oxygen atoms in total. The maximum atomic E-state index is 5.33. The first-order chi connectivity index (χ1) is 8.79. The first kappa shape index (κ1) is 13.5. The average molecular weight is 314 g/mol. The van der Waals surface area contributed by atoms with E-state index in [4.69, 9.17) is 5.84 Å². The molecular formula is C12H20BrN5. The lowest BCUT2D eigenvalue weighted by Gasteiger charge is -2.22. The summed E-state index contributed by atoms with van der Waals surface area (Å²) in [6, 6.07) is 0.502. The van der Waals surface area contributed by atoms with Gasteiger partial charge in [0.2, 0.25) is 5.95 Å². The van der Waals surface area contributed by atoms with E-state index in [0.717, 1.165) is 10.3 Å². The molecule has 100 valence electrons. The van der Waals surface area contributed by atoms with Crippen molar-refractivity contribution in [1.82, 2.24) is 9.97 Å². The molecule has 1 aromatic rings. The van der Waals surface area contributed by atoms with E-state index in [9.17, 15) is 0 Å². The number of anilines is 2. The van der Waals surface area contributed by atoms with Crippen molar-refractivity contribution in [2.45, 2.75) is 51.0 Å². The summed E-state index contributed by atoms with van der Waals surface area (Å²) in [7, 11) is 0. The van der Waals surface area contributed by atoms with Crippen molar-refractivity contribution in [2.24, 2.45) is 5.84 Å². The normalized spacial score (nSPS) is 17.9. The monoisotopic (exact) mass is 313 g/mol. The predicted octanol–water partition coefficient (Wildman–Crippen LogP) is 3.05. The fourth-order valence-corrected chi connectivity index (χ4v) is 2.64. The van der Waals surface area contributed by atoms with E-state index < -0.39 is 0 Å². The van der Waals surface area contributed by atoms with Gasteiger partial charge < -0.3 is 5.32 Å². The number of nitrogens with one attached hydrogen (secondary N) is 2. The second-order valence-electron chi connectivity index (χ2n) is 4.72. The zero-order chi connectivity index (χ0) is 12.8. The molecule has 0 amide bonds. The van der Waals surface area contributed by atoms with Gasteiger partial charge >= 0.3 is 0 Å². The van der Waals surface area contributed by atoms with E-state index >= 15 is 0 Å². The molecule has 0 aliphatic heterocycles. The van der Waals surface area contributed by atoms with E-state index in [0.29, 0.717) is 12.0 Å². The van der Waals surface area contributed by atoms with Crippen molar-refractivity contribution >= 4 is 27.7 Å². The Morgan fingerprint density at radius 3 is 2.50 bits per heavy atom. The third-order valence-electron chi connectivity index (χ3n) is 3.32. The summed E-state index contributed by atoms with van der Waals surface area (Å²) in [5, 5.41) is 3.50. The van der Waals surface area contributed by atoms with Gasteiger partial charge in [-0.05, 0) is 28.8 Å². The van der Waals surface area contributed by atoms with Gasteiger partial charge in [-0.25, -0.2) is 10.8 Å². The minimum atomic E-state index is 0.437. The minimum Gasteiger partial charge on any atom is -0.366 e. The van der Waals surface area contributed by atoms with Gasteiger partial charge in [0.1, 0.15) is 5.82 Å². The van der Waals surface area contributed by atoms with Crippen LogP contribution in [0.2, 0.25) is 0 Å². The summed E-state index contributed by atoms with van der Waals surface area (Å²) in [6.45, 7) is 0. The minimum absolute atomic E-state index is 0.437. The Morgan fingerprint density at radius 2 is 1.83 bits per heavy atom. The van der Waals surface area contributed by atoms with Crippen molar-refractivity contribution < 1.29 is 0 Å². The van der Waals surface area contributed by atoms with E-state index in [1.54, 1.807) is 6.20 Å². The van der Waals surface area contributed by atoms with E-state index in [1.807, 2.05) is 0 Å². The van der Waals surface area contributed by atoms with E-state index in [2.05, 4.69) is 36.6 Å². The quantitative estimate of drug-likeness (QED) is 0.590. The topological polar surface area (TPSA) is 75.9 Å². The van der Waals surface area contributed by atoms with Crippen molar-refractivity contribution in [3.05, 3.63) is 10.7 Å². The van der Waals surface area contributed by atoms with Crippen molar-refractivity contribution in [3.8, 4) is 0 Å². The molecule has 0 bridgehead atoms. The van der Waals surface area contributed by atoms with Gasteiger partial charge in [-0.3, -0.25) is 5.43 Å². The SMILES string of the molecule is NNc1ncc(Br)c(NC2CCCCCCC2)n1. The number of aromatic nitrogens is 2. The summed E-state index contributed by atoms with van der Waals surface area (Å²) in [5.41, 5.74) is 2.47. The van der Waals surface area contributed by atoms with E-state index in [1.165, 1.54) is 44.9 Å². The van der Waals surface area contributed by atoms with Gasteiger partial charge in [0, 0.05) is 12.2 Å². The van der Waals surface area contributed by atoms with Crippen LogP contribution in [-0.2, 0) is 0 Å². The fraction of sp³-hybridized carbons (Fsp3) is 0.667. The maximum absolute atomic E-state index is 5.33. The Kier molecular flexibility index (Phi) is 5.19. The summed E-state index contributed by atoms with van der Waals surface area (Å²) in [6.07, 6.45) is 10.8. The van der Waals surface area contributed by atoms with E-state index in [-0.39, 0.29) is 0 Å². The number of hydrogen-bond donors (Lipinski definition) is 3. The smallest absolute Gasteiger partial charge is 0.239 e. The Hall–Kier alpha value is -0.880. The first-order valence-corrected chi connectivity index (χ1v) is 7.34. The molecule has 1 saturated carbocycles. The molecule has 0 unspecified atom stereocenters. The Bertz CT molecular complexity index is 377. The molecule has 1 fully saturated rings. The summed E-state index contributed by atoms with van der Waals surface area (Å²) in [5.74, 6) is 6.59. The Labute approximate surface area is 116 Å². The van der Waals surface area contributed by atoms with Gasteiger partial charge in [-0.1, -0.05) is 32.1 Å². The van der Waals surface area contributed by atoms with Crippen molar-refractivity contribution in [1.29, 1.82) is 0 Å². The van der Waals surface area contributed by atoms with Crippen LogP contribution >= 0.6 is 15.9 Å². The maximum Gasteiger partial charge on any atom is 0.239 e. The third kappa shape index (κ3) is 3.81. The number of nitrogen functional groups attached to an aromatic ring is 1. The molecule has 18 heavy (non-hydrogen) atoms. The Balaban J connectivity index is 2.02. The highest BCUT2D eigenvalue weighted by molar-refractivity contribution is 9.10. The van der Waals surface area contributed by atoms with Crippen LogP contribution in [0.5, 0.6) is 0 Å². The number of nitrogens with two attached hydrogens (primary N) is 1. The number of hydrazine groups is 1. The second-order valence-corrected chi connectivity index (χ2v) is 5.58. The summed E-state index contributed by atoms with van der Waals surface area (Å²) < 4.78 is 0.878. The number of hydrogen-bond acceptors (Lipinski definition) is 5. The van der Waals surface area contributed by atoms with Crippen LogP contribution in [0.4, 0.5) is 11.8 Å². The molecule has 6 heteroatoms. The lowest BCUT2D eigenvalue weighted by Crippen LogP contribution is -2.22. The van der Waals surface area contributed by atoms with Crippen molar-refractivity contribution in [2.75, 3.05) is 10.7 Å². The Morgan fingerprint density at radius 1 is 1.17 bits per heavy atom. The highest BCUT2D eigenvalue weighted by Gasteiger charge is 2.13. The lowest BCUT2D eigenvalue weighted by atomic mass is 9.97. The van der Waals surface area contributed by atoms with Crippen LogP contribution in [-0.4, -0.2) is 16.0 Å². The van der Waals surface area contributed by atoms with Crippen molar-refractivity contribution in [3.63, 3.8) is 0 Å². The van der Waals surface area contributed by atoms with Gasteiger partial charge in [0.25, 0.3) is 0 Å². The first-order valence-electron chi connectivity index (χ1n) is 6.55. The van der Waals surface area contributed by atoms with Crippen LogP contribution in [0.25, 0.3) is 0 Å². The van der Waals surface area contributed by atoms with Gasteiger partial charge in [0.15, 0.2) is 0 Å². The molecule has 1 aromatic heterocycles. The molecule has 0 radical (unpaired) electrons. The van der Waals surface area contributed by atoms with Crippen LogP contribution in [0.15, 0.2) is 10.7 Å². The zero-order valence-electron chi connectivity index (χ0n) is 10.5. The van der Waals surface area contributed by atoms with Gasteiger partial charge in [0.05, 0.1) is 4.47 Å². The molecule has 1 heterocycles. The highest BCUT2D eigenvalue weighted by atomic mass is 79.9. The van der Waals surface area contributed by atoms with Crippen LogP contribution in [0.1, 0.15) is 44.9 Å². The summed E-state index contributed by atoms with van der Waals surface area (Å²) in [4.78, 5) is 8.38. The molecule has 1 aliphatic carbocycles. The summed E-state index contributed by atoms with van der Waals surface area (Å²) >= 11 is 3.47. The number of halogens is 1. The van der Waals surface area contributed by atoms with Crippen LogP contribution < -0.4 is 16.6 Å². The van der Waals surface area contributed by atoms with Crippen LogP contribution in [0.3, 0.4) is 0 Å². The molecule has 0 spiro atoms. The van der Waals surface area contributed by atoms with Crippen LogP contribution in [0, 0.1) is 0 Å². The van der Waals surface area contributed by atoms with Gasteiger partial charge in [-0.2, -0.15) is 4.98 Å². The highest BCUT2D eigenvalue weighted by Crippen LogP contribution is 2.24. The molecular weight excluding hydrogens is 294 g/mol. The lowest BCUT2D eigenvalue weighted by molar-refractivity contribution is 0.470. The largest absolute Gasteiger partial charge is 0.366 e. The fourth-order valence-electron chi connectivity index (χ4n) is 2.33. The molecule has 0 saturated heterocycles. The second kappa shape index (κ2) is 6.89. The zero-order valence-corrected chi connectivity index (χ0v) is 12.0. The molecule has 4 N–H and O–H groups in total. The third-order valence-corrected chi connectivity index (χ3v) is 3.90. The molecule has 2 rings (SSSR count). The van der Waals surface area contributed by atoms with Gasteiger partial charge in [-0.15, -0.1) is 0 Å². The molecule has 0 atom stereocenters. The average Bonchev–Trinajstić information content (AvgIpc) is 2.35. The number of rotatable bonds is 3. The standard InChI is InChI=1S/C12H20BrN5/c13-10-8-15-12(18-14)17-11(10)16-9-6-4-2-1-3-5-7-9/h8-9H,1-7,14H2,(H2,15,16,17,18).